The third-order valence-electron chi connectivity index (χ3n) is 8.62. The van der Waals surface area contributed by atoms with E-state index in [0.717, 1.165) is 69.8 Å². The van der Waals surface area contributed by atoms with Gasteiger partial charge in [0.1, 0.15) is 23.5 Å². The van der Waals surface area contributed by atoms with Crippen molar-refractivity contribution in [2.45, 2.75) is 123 Å². The predicted octanol–water partition coefficient (Wildman–Crippen LogP) is 8.16. The number of rotatable bonds is 13. The minimum atomic E-state index is -0.414. The van der Waals surface area contributed by atoms with E-state index < -0.39 is 5.41 Å². The molecule has 0 atom stereocenters. The molecule has 1 aromatic rings. The van der Waals surface area contributed by atoms with Crippen LogP contribution in [-0.4, -0.2) is 5.97 Å². The van der Waals surface area contributed by atoms with Gasteiger partial charge in [0.25, 0.3) is 0 Å². The van der Waals surface area contributed by atoms with Gasteiger partial charge in [-0.05, 0) is 74.8 Å². The van der Waals surface area contributed by atoms with Gasteiger partial charge in [0.2, 0.25) is 0 Å². The van der Waals surface area contributed by atoms with Crippen LogP contribution >= 0.6 is 0 Å². The Labute approximate surface area is 206 Å². The number of nitrogens with zero attached hydrogens (tertiary/aromatic N) is 2. The van der Waals surface area contributed by atoms with Gasteiger partial charge in [-0.15, -0.1) is 0 Å². The summed E-state index contributed by atoms with van der Waals surface area (Å²) in [5, 5.41) is 19.5. The van der Waals surface area contributed by atoms with E-state index in [9.17, 15) is 15.3 Å². The highest BCUT2D eigenvalue weighted by molar-refractivity contribution is 5.80. The molecule has 3 aliphatic rings. The van der Waals surface area contributed by atoms with Gasteiger partial charge < -0.3 is 4.74 Å². The SMILES string of the molecule is CCCCCCCCC12CCC(C(=O)Oc3ccc(CCCCC)c(C#N)c3C#N)(CC1)CC2. The van der Waals surface area contributed by atoms with E-state index in [-0.39, 0.29) is 17.3 Å². The monoisotopic (exact) mass is 462 g/mol. The second-order valence-electron chi connectivity index (χ2n) is 10.8. The first-order valence-electron chi connectivity index (χ1n) is 13.7. The highest BCUT2D eigenvalue weighted by atomic mass is 16.5. The van der Waals surface area contributed by atoms with Gasteiger partial charge in [-0.25, -0.2) is 0 Å². The van der Waals surface area contributed by atoms with Crippen LogP contribution in [0.25, 0.3) is 0 Å². The molecule has 3 saturated carbocycles. The van der Waals surface area contributed by atoms with Crippen LogP contribution in [0.5, 0.6) is 5.75 Å². The predicted molar refractivity (Wildman–Crippen MR) is 135 cm³/mol. The molecule has 0 radical (unpaired) electrons. The molecule has 0 amide bonds. The van der Waals surface area contributed by atoms with Gasteiger partial charge in [0.05, 0.1) is 11.0 Å². The number of hydrogen-bond donors (Lipinski definition) is 0. The lowest BCUT2D eigenvalue weighted by atomic mass is 9.52. The Morgan fingerprint density at radius 2 is 1.41 bits per heavy atom. The van der Waals surface area contributed by atoms with Gasteiger partial charge in [-0.1, -0.05) is 71.3 Å². The third-order valence-corrected chi connectivity index (χ3v) is 8.62. The van der Waals surface area contributed by atoms with Crippen molar-refractivity contribution in [2.75, 3.05) is 0 Å². The Kier molecular flexibility index (Phi) is 9.58. The van der Waals surface area contributed by atoms with Crippen LogP contribution in [0.15, 0.2) is 12.1 Å². The number of ether oxygens (including phenoxy) is 1. The lowest BCUT2D eigenvalue weighted by molar-refractivity contribution is -0.156. The summed E-state index contributed by atoms with van der Waals surface area (Å²) in [7, 11) is 0. The van der Waals surface area contributed by atoms with Gasteiger partial charge in [0, 0.05) is 0 Å². The van der Waals surface area contributed by atoms with Crippen molar-refractivity contribution in [2.24, 2.45) is 10.8 Å². The van der Waals surface area contributed by atoms with Crippen LogP contribution in [0.4, 0.5) is 0 Å². The van der Waals surface area contributed by atoms with Crippen molar-refractivity contribution < 1.29 is 9.53 Å². The number of hydrogen-bond acceptors (Lipinski definition) is 4. The summed E-state index contributed by atoms with van der Waals surface area (Å²) in [6.07, 6.45) is 19.3. The quantitative estimate of drug-likeness (QED) is 0.168. The van der Waals surface area contributed by atoms with Crippen molar-refractivity contribution in [3.05, 3.63) is 28.8 Å². The van der Waals surface area contributed by atoms with Crippen LogP contribution in [0.2, 0.25) is 0 Å². The van der Waals surface area contributed by atoms with Crippen LogP contribution in [0.1, 0.15) is 133 Å². The third kappa shape index (κ3) is 6.02. The van der Waals surface area contributed by atoms with Crippen molar-refractivity contribution in [3.63, 3.8) is 0 Å². The summed E-state index contributed by atoms with van der Waals surface area (Å²) in [4.78, 5) is 13.4. The molecule has 0 saturated heterocycles. The maximum atomic E-state index is 13.4. The first-order chi connectivity index (χ1) is 16.5. The van der Waals surface area contributed by atoms with Gasteiger partial charge in [0.15, 0.2) is 0 Å². The summed E-state index contributed by atoms with van der Waals surface area (Å²) < 4.78 is 5.87. The molecule has 4 rings (SSSR count). The van der Waals surface area contributed by atoms with Gasteiger partial charge >= 0.3 is 5.97 Å². The van der Waals surface area contributed by atoms with Crippen molar-refractivity contribution in [3.8, 4) is 17.9 Å². The molecule has 4 nitrogen and oxygen atoms in total. The lowest BCUT2D eigenvalue weighted by Crippen LogP contribution is -2.47. The molecule has 0 spiro atoms. The first-order valence-corrected chi connectivity index (χ1v) is 13.7. The zero-order chi connectivity index (χ0) is 24.4. The molecule has 3 fully saturated rings. The van der Waals surface area contributed by atoms with Crippen molar-refractivity contribution in [1.29, 1.82) is 10.5 Å². The highest BCUT2D eigenvalue weighted by Crippen LogP contribution is 2.59. The van der Waals surface area contributed by atoms with E-state index in [1.807, 2.05) is 6.07 Å². The zero-order valence-electron chi connectivity index (χ0n) is 21.4. The summed E-state index contributed by atoms with van der Waals surface area (Å²) in [6, 6.07) is 7.92. The van der Waals surface area contributed by atoms with E-state index in [4.69, 9.17) is 4.74 Å². The summed E-state index contributed by atoms with van der Waals surface area (Å²) in [5.41, 5.74) is 1.47. The Bertz CT molecular complexity index is 896. The number of aryl methyl sites for hydroxylation is 1. The Morgan fingerprint density at radius 3 is 2.03 bits per heavy atom. The summed E-state index contributed by atoms with van der Waals surface area (Å²) >= 11 is 0. The topological polar surface area (TPSA) is 73.9 Å². The number of carbonyl (C=O) groups excluding carboxylic acids is 1. The van der Waals surface area contributed by atoms with Gasteiger partial charge in [-0.2, -0.15) is 10.5 Å². The number of unbranched alkanes of at least 4 members (excludes halogenated alkanes) is 7. The van der Waals surface area contributed by atoms with Crippen LogP contribution in [0, 0.1) is 33.5 Å². The molecule has 1 aromatic carbocycles. The Balaban J connectivity index is 1.61. The second kappa shape index (κ2) is 12.4. The molecule has 0 N–H and O–H groups in total. The maximum absolute atomic E-state index is 13.4. The summed E-state index contributed by atoms with van der Waals surface area (Å²) in [6.45, 7) is 4.40. The second-order valence-corrected chi connectivity index (χ2v) is 10.8. The number of benzene rings is 1. The van der Waals surface area contributed by atoms with Crippen LogP contribution < -0.4 is 4.74 Å². The smallest absolute Gasteiger partial charge is 0.317 e. The van der Waals surface area contributed by atoms with E-state index in [0.29, 0.717) is 11.0 Å². The zero-order valence-corrected chi connectivity index (χ0v) is 21.4. The number of esters is 1. The molecule has 4 heteroatoms. The molecular formula is C30H42N2O2. The number of nitriles is 2. The van der Waals surface area contributed by atoms with E-state index >= 15 is 0 Å². The van der Waals surface area contributed by atoms with Crippen molar-refractivity contribution >= 4 is 5.97 Å². The highest BCUT2D eigenvalue weighted by Gasteiger charge is 2.53. The molecule has 0 aromatic heterocycles. The fourth-order valence-electron chi connectivity index (χ4n) is 6.16. The average Bonchev–Trinajstić information content (AvgIpc) is 2.87. The minimum absolute atomic E-state index is 0.195. The Morgan fingerprint density at radius 1 is 0.824 bits per heavy atom. The lowest BCUT2D eigenvalue weighted by Gasteiger charge is -2.52. The minimum Gasteiger partial charge on any atom is -0.425 e. The largest absolute Gasteiger partial charge is 0.425 e. The number of carbonyl (C=O) groups is 1. The van der Waals surface area contributed by atoms with E-state index in [1.54, 1.807) is 6.07 Å². The Hall–Kier alpha value is -2.33. The average molecular weight is 463 g/mol. The molecule has 3 aliphatic carbocycles. The molecule has 184 valence electrons. The molecule has 0 heterocycles. The standard InChI is InChI=1S/C30H42N2O2/c1-3-5-7-8-9-11-15-29-16-19-30(20-17-29,21-18-29)28(33)34-27-14-13-24(12-10-6-4-2)25(22-31)26(27)23-32/h13-14H,3-12,15-21H2,1-2H3. The molecular weight excluding hydrogens is 420 g/mol. The van der Waals surface area contributed by atoms with Crippen molar-refractivity contribution in [1.82, 2.24) is 0 Å². The van der Waals surface area contributed by atoms with Crippen LogP contribution in [0.3, 0.4) is 0 Å². The summed E-state index contributed by atoms with van der Waals surface area (Å²) in [5.74, 6) is 0.0617. The van der Waals surface area contributed by atoms with E-state index in [1.165, 1.54) is 44.9 Å². The molecule has 0 unspecified atom stereocenters. The fourth-order valence-corrected chi connectivity index (χ4v) is 6.16. The maximum Gasteiger partial charge on any atom is 0.317 e. The van der Waals surface area contributed by atoms with E-state index in [2.05, 4.69) is 26.0 Å². The fraction of sp³-hybridized carbons (Fsp3) is 0.700. The molecule has 0 aliphatic heterocycles. The van der Waals surface area contributed by atoms with Crippen LogP contribution in [-0.2, 0) is 11.2 Å². The van der Waals surface area contributed by atoms with Gasteiger partial charge in [-0.3, -0.25) is 4.79 Å². The molecule has 2 bridgehead atoms. The number of fused-ring (bicyclic) bond motifs is 3. The first kappa shape index (κ1) is 26.3. The molecule has 34 heavy (non-hydrogen) atoms. The normalized spacial score (nSPS) is 23.3.